The molecule has 4 nitrogen and oxygen atoms in total. The predicted molar refractivity (Wildman–Crippen MR) is 101 cm³/mol. The quantitative estimate of drug-likeness (QED) is 0.701. The van der Waals surface area contributed by atoms with Crippen molar-refractivity contribution < 1.29 is 4.79 Å². The van der Waals surface area contributed by atoms with Crippen LogP contribution in [0, 0.1) is 0 Å². The van der Waals surface area contributed by atoms with Crippen molar-refractivity contribution in [2.24, 2.45) is 0 Å². The molecule has 0 aliphatic heterocycles. The Hall–Kier alpha value is -2.66. The summed E-state index contributed by atoms with van der Waals surface area (Å²) in [6.45, 7) is 0. The Labute approximate surface area is 149 Å². The minimum absolute atomic E-state index is 0.0947. The van der Waals surface area contributed by atoms with Gasteiger partial charge in [0.15, 0.2) is 0 Å². The molecule has 0 atom stereocenters. The molecule has 0 spiro atoms. The second-order valence-corrected chi connectivity index (χ2v) is 6.18. The fraction of sp³-hybridized carbons (Fsp3) is 0.0526. The van der Waals surface area contributed by atoms with E-state index in [1.54, 1.807) is 30.3 Å². The number of para-hydroxylation sites is 1. The first-order chi connectivity index (χ1) is 11.6. The van der Waals surface area contributed by atoms with E-state index in [0.29, 0.717) is 11.4 Å². The Kier molecular flexibility index (Phi) is 4.91. The molecule has 1 aromatic heterocycles. The molecule has 5 heteroatoms. The van der Waals surface area contributed by atoms with Crippen LogP contribution in [-0.2, 0) is 0 Å². The number of rotatable bonds is 4. The lowest BCUT2D eigenvalue weighted by Crippen LogP contribution is -2.26. The average molecular weight is 382 g/mol. The maximum atomic E-state index is 12.5. The molecule has 0 saturated heterocycles. The zero-order valence-corrected chi connectivity index (χ0v) is 14.7. The van der Waals surface area contributed by atoms with Crippen molar-refractivity contribution in [1.29, 1.82) is 0 Å². The van der Waals surface area contributed by atoms with Gasteiger partial charge >= 0.3 is 0 Å². The molecule has 3 rings (SSSR count). The van der Waals surface area contributed by atoms with Crippen molar-refractivity contribution in [1.82, 2.24) is 4.98 Å². The van der Waals surface area contributed by atoms with E-state index < -0.39 is 0 Å². The van der Waals surface area contributed by atoms with Crippen LogP contribution >= 0.6 is 15.9 Å². The minimum Gasteiger partial charge on any atom is -0.340 e. The maximum absolute atomic E-state index is 12.5. The summed E-state index contributed by atoms with van der Waals surface area (Å²) in [7, 11) is 1.76. The van der Waals surface area contributed by atoms with Crippen LogP contribution in [0.1, 0.15) is 10.4 Å². The number of hydrogen-bond acceptors (Lipinski definition) is 3. The van der Waals surface area contributed by atoms with Crippen LogP contribution in [0.4, 0.5) is 17.2 Å². The number of carbonyl (C=O) groups is 1. The van der Waals surface area contributed by atoms with Crippen LogP contribution in [0.3, 0.4) is 0 Å². The molecule has 0 aliphatic carbocycles. The Morgan fingerprint density at radius 3 is 2.50 bits per heavy atom. The van der Waals surface area contributed by atoms with Gasteiger partial charge in [0.05, 0.1) is 5.56 Å². The molecular formula is C19H16BrN3O. The van der Waals surface area contributed by atoms with Gasteiger partial charge in [-0.15, -0.1) is 0 Å². The van der Waals surface area contributed by atoms with E-state index >= 15 is 0 Å². The van der Waals surface area contributed by atoms with Crippen molar-refractivity contribution in [2.45, 2.75) is 0 Å². The van der Waals surface area contributed by atoms with Crippen LogP contribution < -0.4 is 10.2 Å². The highest BCUT2D eigenvalue weighted by atomic mass is 79.9. The maximum Gasteiger partial charge on any atom is 0.259 e. The summed E-state index contributed by atoms with van der Waals surface area (Å²) >= 11 is 3.43. The lowest BCUT2D eigenvalue weighted by atomic mass is 10.2. The van der Waals surface area contributed by atoms with Crippen molar-refractivity contribution in [3.63, 3.8) is 0 Å². The Bertz CT molecular complexity index is 835. The summed E-state index contributed by atoms with van der Waals surface area (Å²) in [6, 6.07) is 20.9. The molecule has 0 aliphatic rings. The third-order valence-corrected chi connectivity index (χ3v) is 4.05. The normalized spacial score (nSPS) is 10.2. The van der Waals surface area contributed by atoms with Crippen LogP contribution in [0.15, 0.2) is 77.4 Å². The smallest absolute Gasteiger partial charge is 0.259 e. The van der Waals surface area contributed by atoms with Crippen LogP contribution in [0.25, 0.3) is 0 Å². The summed E-state index contributed by atoms with van der Waals surface area (Å²) < 4.78 is 0.990. The molecule has 1 amide bonds. The van der Waals surface area contributed by atoms with Crippen molar-refractivity contribution in [2.75, 3.05) is 17.3 Å². The van der Waals surface area contributed by atoms with Crippen LogP contribution in [-0.4, -0.2) is 17.9 Å². The molecule has 3 aromatic rings. The van der Waals surface area contributed by atoms with Gasteiger partial charge < -0.3 is 10.2 Å². The lowest BCUT2D eigenvalue weighted by molar-refractivity contribution is 0.0992. The minimum atomic E-state index is -0.0947. The van der Waals surface area contributed by atoms with E-state index in [-0.39, 0.29) is 5.91 Å². The SMILES string of the molecule is CN(C(=O)c1ccc(Nc2cccc(Br)c2)nc1)c1ccccc1. The number of hydrogen-bond donors (Lipinski definition) is 1. The third kappa shape index (κ3) is 3.81. The first-order valence-corrected chi connectivity index (χ1v) is 8.24. The lowest BCUT2D eigenvalue weighted by Gasteiger charge is -2.17. The van der Waals surface area contributed by atoms with Crippen molar-refractivity contribution >= 4 is 39.0 Å². The van der Waals surface area contributed by atoms with E-state index in [4.69, 9.17) is 0 Å². The van der Waals surface area contributed by atoms with Gasteiger partial charge in [-0.2, -0.15) is 0 Å². The highest BCUT2D eigenvalue weighted by Crippen LogP contribution is 2.20. The molecule has 0 saturated carbocycles. The number of pyridine rings is 1. The Morgan fingerprint density at radius 1 is 1.04 bits per heavy atom. The van der Waals surface area contributed by atoms with Crippen LogP contribution in [0.5, 0.6) is 0 Å². The fourth-order valence-electron chi connectivity index (χ4n) is 2.27. The zero-order chi connectivity index (χ0) is 16.9. The number of anilines is 3. The number of amides is 1. The standard InChI is InChI=1S/C19H16BrN3O/c1-23(17-8-3-2-4-9-17)19(24)14-10-11-18(21-13-14)22-16-7-5-6-15(20)12-16/h2-13H,1H3,(H,21,22). The van der Waals surface area contributed by atoms with E-state index in [0.717, 1.165) is 15.8 Å². The molecule has 120 valence electrons. The van der Waals surface area contributed by atoms with Crippen molar-refractivity contribution in [3.05, 3.63) is 83.0 Å². The monoisotopic (exact) mass is 381 g/mol. The van der Waals surface area contributed by atoms with E-state index in [9.17, 15) is 4.79 Å². The van der Waals surface area contributed by atoms with Gasteiger partial charge in [-0.1, -0.05) is 40.2 Å². The molecular weight excluding hydrogens is 366 g/mol. The van der Waals surface area contributed by atoms with Gasteiger partial charge in [0.25, 0.3) is 5.91 Å². The fourth-order valence-corrected chi connectivity index (χ4v) is 2.67. The number of benzene rings is 2. The van der Waals surface area contributed by atoms with Gasteiger partial charge in [0.1, 0.15) is 5.82 Å². The summed E-state index contributed by atoms with van der Waals surface area (Å²) in [4.78, 5) is 18.5. The van der Waals surface area contributed by atoms with Gasteiger partial charge in [-0.3, -0.25) is 4.79 Å². The average Bonchev–Trinajstić information content (AvgIpc) is 2.62. The van der Waals surface area contributed by atoms with Gasteiger partial charge in [0.2, 0.25) is 0 Å². The van der Waals surface area contributed by atoms with Gasteiger partial charge in [-0.05, 0) is 42.5 Å². The number of aromatic nitrogens is 1. The van der Waals surface area contributed by atoms with Gasteiger partial charge in [-0.25, -0.2) is 4.98 Å². The molecule has 0 radical (unpaired) electrons. The highest BCUT2D eigenvalue weighted by Gasteiger charge is 2.13. The predicted octanol–water partition coefficient (Wildman–Crippen LogP) is 4.86. The summed E-state index contributed by atoms with van der Waals surface area (Å²) in [5.74, 6) is 0.592. The van der Waals surface area contributed by atoms with E-state index in [2.05, 4.69) is 26.2 Å². The van der Waals surface area contributed by atoms with Crippen LogP contribution in [0.2, 0.25) is 0 Å². The number of nitrogens with zero attached hydrogens (tertiary/aromatic N) is 2. The first kappa shape index (κ1) is 16.2. The highest BCUT2D eigenvalue weighted by molar-refractivity contribution is 9.10. The zero-order valence-electron chi connectivity index (χ0n) is 13.1. The molecule has 1 N–H and O–H groups in total. The summed E-state index contributed by atoms with van der Waals surface area (Å²) in [5, 5.41) is 3.21. The topological polar surface area (TPSA) is 45.2 Å². The number of carbonyl (C=O) groups excluding carboxylic acids is 1. The molecule has 0 fully saturated rings. The first-order valence-electron chi connectivity index (χ1n) is 7.45. The third-order valence-electron chi connectivity index (χ3n) is 3.56. The number of nitrogens with one attached hydrogen (secondary N) is 1. The molecule has 0 unspecified atom stereocenters. The largest absolute Gasteiger partial charge is 0.340 e. The van der Waals surface area contributed by atoms with E-state index in [1.165, 1.54) is 0 Å². The Balaban J connectivity index is 1.73. The van der Waals surface area contributed by atoms with Crippen molar-refractivity contribution in [3.8, 4) is 0 Å². The Morgan fingerprint density at radius 2 is 1.83 bits per heavy atom. The van der Waals surface area contributed by atoms with Gasteiger partial charge in [0, 0.05) is 29.1 Å². The molecule has 24 heavy (non-hydrogen) atoms. The number of halogens is 1. The summed E-state index contributed by atoms with van der Waals surface area (Å²) in [5.41, 5.74) is 2.32. The molecule has 0 bridgehead atoms. The van der Waals surface area contributed by atoms with E-state index in [1.807, 2.05) is 54.6 Å². The second-order valence-electron chi connectivity index (χ2n) is 5.27. The second kappa shape index (κ2) is 7.27. The molecule has 1 heterocycles. The summed E-state index contributed by atoms with van der Waals surface area (Å²) in [6.07, 6.45) is 1.59. The molecule has 2 aromatic carbocycles.